The van der Waals surface area contributed by atoms with Crippen molar-refractivity contribution in [3.8, 4) is 0 Å². The molecular formula is C12H15F2NO2. The number of hydrogen-bond acceptors (Lipinski definition) is 2. The summed E-state index contributed by atoms with van der Waals surface area (Å²) in [5.41, 5.74) is 0.785. The highest BCUT2D eigenvalue weighted by atomic mass is 19.3. The second kappa shape index (κ2) is 6.96. The predicted molar refractivity (Wildman–Crippen MR) is 60.0 cm³/mol. The largest absolute Gasteiger partial charge is 0.481 e. The monoisotopic (exact) mass is 243 g/mol. The Kier molecular flexibility index (Phi) is 5.56. The fourth-order valence-electron chi connectivity index (χ4n) is 1.44. The highest BCUT2D eigenvalue weighted by molar-refractivity contribution is 5.66. The molecule has 0 fully saturated rings. The number of halogens is 2. The zero-order valence-electron chi connectivity index (χ0n) is 9.33. The molecule has 1 rings (SSSR count). The Hall–Kier alpha value is -1.49. The van der Waals surface area contributed by atoms with E-state index in [0.717, 1.165) is 5.56 Å². The Balaban J connectivity index is 2.31. The van der Waals surface area contributed by atoms with E-state index < -0.39 is 12.4 Å². The SMILES string of the molecule is O=C(O)CCCNCc1cccc(C(F)F)c1. The molecule has 1 aromatic rings. The van der Waals surface area contributed by atoms with E-state index in [1.165, 1.54) is 12.1 Å². The van der Waals surface area contributed by atoms with Gasteiger partial charge in [0.1, 0.15) is 0 Å². The molecule has 1 aromatic carbocycles. The lowest BCUT2D eigenvalue weighted by molar-refractivity contribution is -0.137. The van der Waals surface area contributed by atoms with E-state index in [2.05, 4.69) is 5.32 Å². The third-order valence-electron chi connectivity index (χ3n) is 2.28. The van der Waals surface area contributed by atoms with E-state index in [1.54, 1.807) is 12.1 Å². The quantitative estimate of drug-likeness (QED) is 0.724. The average molecular weight is 243 g/mol. The number of carbonyl (C=O) groups is 1. The lowest BCUT2D eigenvalue weighted by atomic mass is 10.1. The van der Waals surface area contributed by atoms with Crippen LogP contribution >= 0.6 is 0 Å². The van der Waals surface area contributed by atoms with Crippen LogP contribution in [0.25, 0.3) is 0 Å². The van der Waals surface area contributed by atoms with Crippen LogP contribution in [0.4, 0.5) is 8.78 Å². The molecule has 0 atom stereocenters. The number of alkyl halides is 2. The first-order valence-electron chi connectivity index (χ1n) is 5.39. The molecule has 0 aliphatic carbocycles. The molecule has 94 valence electrons. The summed E-state index contributed by atoms with van der Waals surface area (Å²) in [4.78, 5) is 10.2. The van der Waals surface area contributed by atoms with Crippen molar-refractivity contribution in [1.82, 2.24) is 5.32 Å². The minimum atomic E-state index is -2.46. The number of nitrogens with one attached hydrogen (secondary N) is 1. The van der Waals surface area contributed by atoms with E-state index in [4.69, 9.17) is 5.11 Å². The molecule has 5 heteroatoms. The predicted octanol–water partition coefficient (Wildman–Crippen LogP) is 2.58. The van der Waals surface area contributed by atoms with Crippen LogP contribution in [0, 0.1) is 0 Å². The molecule has 0 amide bonds. The summed E-state index contributed by atoms with van der Waals surface area (Å²) < 4.78 is 24.8. The maximum absolute atomic E-state index is 12.4. The fourth-order valence-corrected chi connectivity index (χ4v) is 1.44. The van der Waals surface area contributed by atoms with Crippen LogP contribution in [0.15, 0.2) is 24.3 Å². The van der Waals surface area contributed by atoms with Gasteiger partial charge in [-0.15, -0.1) is 0 Å². The molecule has 0 aliphatic heterocycles. The van der Waals surface area contributed by atoms with Gasteiger partial charge in [0, 0.05) is 18.5 Å². The maximum atomic E-state index is 12.4. The van der Waals surface area contributed by atoms with Crippen molar-refractivity contribution in [2.24, 2.45) is 0 Å². The first-order chi connectivity index (χ1) is 8.09. The number of hydrogen-bond donors (Lipinski definition) is 2. The van der Waals surface area contributed by atoms with Crippen LogP contribution < -0.4 is 5.32 Å². The Labute approximate surface area is 98.5 Å². The van der Waals surface area contributed by atoms with Crippen LogP contribution in [-0.4, -0.2) is 17.6 Å². The second-order valence-corrected chi connectivity index (χ2v) is 3.72. The molecule has 0 saturated carbocycles. The summed E-state index contributed by atoms with van der Waals surface area (Å²) in [5.74, 6) is -0.827. The first-order valence-corrected chi connectivity index (χ1v) is 5.39. The Bertz CT molecular complexity index is 369. The van der Waals surface area contributed by atoms with Gasteiger partial charge in [-0.3, -0.25) is 4.79 Å². The zero-order chi connectivity index (χ0) is 12.7. The van der Waals surface area contributed by atoms with Gasteiger partial charge in [-0.1, -0.05) is 18.2 Å². The smallest absolute Gasteiger partial charge is 0.303 e. The van der Waals surface area contributed by atoms with Gasteiger partial charge in [-0.05, 0) is 24.6 Å². The Morgan fingerprint density at radius 1 is 1.41 bits per heavy atom. The van der Waals surface area contributed by atoms with Crippen molar-refractivity contribution >= 4 is 5.97 Å². The van der Waals surface area contributed by atoms with Crippen molar-refractivity contribution in [2.45, 2.75) is 25.8 Å². The Morgan fingerprint density at radius 3 is 2.82 bits per heavy atom. The lowest BCUT2D eigenvalue weighted by Gasteiger charge is -2.06. The van der Waals surface area contributed by atoms with E-state index >= 15 is 0 Å². The molecule has 0 aliphatic rings. The van der Waals surface area contributed by atoms with E-state index in [9.17, 15) is 13.6 Å². The van der Waals surface area contributed by atoms with Gasteiger partial charge in [0.15, 0.2) is 0 Å². The molecule has 0 aromatic heterocycles. The molecule has 0 heterocycles. The summed E-state index contributed by atoms with van der Waals surface area (Å²) in [6.45, 7) is 1.03. The van der Waals surface area contributed by atoms with E-state index in [1.807, 2.05) is 0 Å². The molecule has 0 radical (unpaired) electrons. The summed E-state index contributed by atoms with van der Waals surface area (Å²) in [7, 11) is 0. The average Bonchev–Trinajstić information content (AvgIpc) is 2.28. The standard InChI is InChI=1S/C12H15F2NO2/c13-12(14)10-4-1-3-9(7-10)8-15-6-2-5-11(16)17/h1,3-4,7,12,15H,2,5-6,8H2,(H,16,17). The molecule has 0 bridgehead atoms. The molecule has 2 N–H and O–H groups in total. The van der Waals surface area contributed by atoms with Crippen molar-refractivity contribution in [2.75, 3.05) is 6.54 Å². The fraction of sp³-hybridized carbons (Fsp3) is 0.417. The summed E-state index contributed by atoms with van der Waals surface area (Å²) in [5, 5.41) is 11.4. The summed E-state index contributed by atoms with van der Waals surface area (Å²) in [6.07, 6.45) is -1.81. The van der Waals surface area contributed by atoms with Crippen LogP contribution in [0.2, 0.25) is 0 Å². The third kappa shape index (κ3) is 5.40. The number of benzene rings is 1. The highest BCUT2D eigenvalue weighted by Crippen LogP contribution is 2.19. The van der Waals surface area contributed by atoms with Crippen molar-refractivity contribution in [3.63, 3.8) is 0 Å². The van der Waals surface area contributed by atoms with Crippen molar-refractivity contribution in [3.05, 3.63) is 35.4 Å². The summed E-state index contributed by atoms with van der Waals surface area (Å²) >= 11 is 0. The lowest BCUT2D eigenvalue weighted by Crippen LogP contribution is -2.15. The molecule has 0 unspecified atom stereocenters. The maximum Gasteiger partial charge on any atom is 0.303 e. The first kappa shape index (κ1) is 13.6. The molecule has 3 nitrogen and oxygen atoms in total. The number of carboxylic acids is 1. The number of rotatable bonds is 7. The van der Waals surface area contributed by atoms with Crippen LogP contribution in [0.3, 0.4) is 0 Å². The highest BCUT2D eigenvalue weighted by Gasteiger charge is 2.06. The number of aliphatic carboxylic acids is 1. The zero-order valence-corrected chi connectivity index (χ0v) is 9.33. The summed E-state index contributed by atoms with van der Waals surface area (Å²) in [6, 6.07) is 6.19. The van der Waals surface area contributed by atoms with Crippen LogP contribution in [0.5, 0.6) is 0 Å². The van der Waals surface area contributed by atoms with Gasteiger partial charge >= 0.3 is 5.97 Å². The second-order valence-electron chi connectivity index (χ2n) is 3.72. The van der Waals surface area contributed by atoms with Gasteiger partial charge in [-0.25, -0.2) is 8.78 Å². The van der Waals surface area contributed by atoms with Crippen molar-refractivity contribution in [1.29, 1.82) is 0 Å². The van der Waals surface area contributed by atoms with E-state index in [0.29, 0.717) is 19.5 Å². The van der Waals surface area contributed by atoms with Crippen LogP contribution in [-0.2, 0) is 11.3 Å². The molecular weight excluding hydrogens is 228 g/mol. The van der Waals surface area contributed by atoms with Gasteiger partial charge in [0.25, 0.3) is 6.43 Å². The Morgan fingerprint density at radius 2 is 2.18 bits per heavy atom. The third-order valence-corrected chi connectivity index (χ3v) is 2.28. The van der Waals surface area contributed by atoms with E-state index in [-0.39, 0.29) is 12.0 Å². The van der Waals surface area contributed by atoms with Gasteiger partial charge in [0.05, 0.1) is 0 Å². The molecule has 0 saturated heterocycles. The topological polar surface area (TPSA) is 49.3 Å². The minimum Gasteiger partial charge on any atom is -0.481 e. The van der Waals surface area contributed by atoms with Crippen LogP contribution in [0.1, 0.15) is 30.4 Å². The van der Waals surface area contributed by atoms with Gasteiger partial charge in [-0.2, -0.15) is 0 Å². The molecule has 17 heavy (non-hydrogen) atoms. The minimum absolute atomic E-state index is 0.00911. The molecule has 0 spiro atoms. The van der Waals surface area contributed by atoms with Gasteiger partial charge in [0.2, 0.25) is 0 Å². The normalized spacial score (nSPS) is 10.8. The number of carboxylic acid groups (broad SMARTS) is 1. The van der Waals surface area contributed by atoms with Gasteiger partial charge < -0.3 is 10.4 Å². The van der Waals surface area contributed by atoms with Crippen molar-refractivity contribution < 1.29 is 18.7 Å².